The highest BCUT2D eigenvalue weighted by Gasteiger charge is 2.20. The van der Waals surface area contributed by atoms with E-state index in [4.69, 9.17) is 27.9 Å². The van der Waals surface area contributed by atoms with E-state index in [0.29, 0.717) is 5.56 Å². The minimum Gasteiger partial charge on any atom is -0.493 e. The Hall–Kier alpha value is -0.610. The second kappa shape index (κ2) is 4.75. The van der Waals surface area contributed by atoms with Crippen molar-refractivity contribution in [2.45, 2.75) is 12.3 Å². The fraction of sp³-hybridized carbons (Fsp3) is 0.375. The molecule has 2 nitrogen and oxygen atoms in total. The van der Waals surface area contributed by atoms with Gasteiger partial charge in [0.2, 0.25) is 0 Å². The molecular formula is C8H7Cl2F2NO. The van der Waals surface area contributed by atoms with Crippen molar-refractivity contribution >= 4 is 23.2 Å². The monoisotopic (exact) mass is 241 g/mol. The smallest absolute Gasteiger partial charge is 0.284 e. The number of hydrogen-bond donors (Lipinski definition) is 0. The SMILES string of the molecule is COc1c(C(F)F)ncc(CCl)c1Cl. The van der Waals surface area contributed by atoms with Gasteiger partial charge in [-0.3, -0.25) is 4.98 Å². The van der Waals surface area contributed by atoms with Crippen LogP contribution in [0.2, 0.25) is 5.02 Å². The molecule has 0 saturated carbocycles. The van der Waals surface area contributed by atoms with E-state index < -0.39 is 12.1 Å². The molecule has 0 aliphatic rings. The zero-order chi connectivity index (χ0) is 10.7. The molecule has 0 atom stereocenters. The molecule has 78 valence electrons. The van der Waals surface area contributed by atoms with Gasteiger partial charge in [0.15, 0.2) is 5.75 Å². The van der Waals surface area contributed by atoms with Crippen molar-refractivity contribution in [3.63, 3.8) is 0 Å². The van der Waals surface area contributed by atoms with Crippen LogP contribution in [0.3, 0.4) is 0 Å². The number of ether oxygens (including phenoxy) is 1. The van der Waals surface area contributed by atoms with Crippen LogP contribution in [0.5, 0.6) is 5.75 Å². The number of aromatic nitrogens is 1. The van der Waals surface area contributed by atoms with E-state index in [1.807, 2.05) is 0 Å². The number of hydrogen-bond acceptors (Lipinski definition) is 2. The predicted octanol–water partition coefficient (Wildman–Crippen LogP) is 3.42. The third kappa shape index (κ3) is 2.07. The molecule has 0 spiro atoms. The fourth-order valence-electron chi connectivity index (χ4n) is 0.964. The van der Waals surface area contributed by atoms with Crippen LogP contribution in [-0.4, -0.2) is 12.1 Å². The van der Waals surface area contributed by atoms with Gasteiger partial charge >= 0.3 is 0 Å². The lowest BCUT2D eigenvalue weighted by Gasteiger charge is -2.10. The Morgan fingerprint density at radius 1 is 1.57 bits per heavy atom. The van der Waals surface area contributed by atoms with E-state index in [9.17, 15) is 8.78 Å². The van der Waals surface area contributed by atoms with Gasteiger partial charge in [0.05, 0.1) is 18.0 Å². The molecule has 6 heteroatoms. The van der Waals surface area contributed by atoms with E-state index in [-0.39, 0.29) is 16.7 Å². The quantitative estimate of drug-likeness (QED) is 0.757. The first-order valence-electron chi connectivity index (χ1n) is 3.67. The average molecular weight is 242 g/mol. The van der Waals surface area contributed by atoms with Crippen molar-refractivity contribution in [3.8, 4) is 5.75 Å². The van der Waals surface area contributed by atoms with Gasteiger partial charge in [0, 0.05) is 11.8 Å². The van der Waals surface area contributed by atoms with Gasteiger partial charge in [-0.2, -0.15) is 0 Å². The fourth-order valence-corrected chi connectivity index (χ4v) is 1.52. The van der Waals surface area contributed by atoms with E-state index in [1.54, 1.807) is 0 Å². The van der Waals surface area contributed by atoms with E-state index in [2.05, 4.69) is 4.98 Å². The molecule has 1 aromatic heterocycles. The summed E-state index contributed by atoms with van der Waals surface area (Å²) in [5.74, 6) is -0.00839. The third-order valence-corrected chi connectivity index (χ3v) is 2.33. The molecule has 1 rings (SSSR count). The predicted molar refractivity (Wildman–Crippen MR) is 50.3 cm³/mol. The maximum absolute atomic E-state index is 12.4. The highest BCUT2D eigenvalue weighted by Crippen LogP contribution is 2.35. The maximum Gasteiger partial charge on any atom is 0.284 e. The van der Waals surface area contributed by atoms with Crippen LogP contribution < -0.4 is 4.74 Å². The first-order chi connectivity index (χ1) is 6.61. The minimum absolute atomic E-state index is 0.0906. The molecule has 0 unspecified atom stereocenters. The summed E-state index contributed by atoms with van der Waals surface area (Å²) in [6, 6.07) is 0. The molecule has 0 fully saturated rings. The van der Waals surface area contributed by atoms with Gasteiger partial charge < -0.3 is 4.74 Å². The number of alkyl halides is 3. The van der Waals surface area contributed by atoms with E-state index >= 15 is 0 Å². The second-order valence-electron chi connectivity index (χ2n) is 2.45. The molecule has 0 saturated heterocycles. The molecule has 0 amide bonds. The third-order valence-electron chi connectivity index (χ3n) is 1.63. The van der Waals surface area contributed by atoms with Crippen LogP contribution in [0.25, 0.3) is 0 Å². The van der Waals surface area contributed by atoms with Gasteiger partial charge in [-0.05, 0) is 0 Å². The molecule has 0 aromatic carbocycles. The molecule has 0 bridgehead atoms. The summed E-state index contributed by atoms with van der Waals surface area (Å²) in [4.78, 5) is 3.54. The molecule has 0 N–H and O–H groups in total. The van der Waals surface area contributed by atoms with Gasteiger partial charge in [0.25, 0.3) is 6.43 Å². The lowest BCUT2D eigenvalue weighted by Crippen LogP contribution is -1.99. The normalized spacial score (nSPS) is 10.7. The van der Waals surface area contributed by atoms with Gasteiger partial charge in [0.1, 0.15) is 5.69 Å². The van der Waals surface area contributed by atoms with Crippen molar-refractivity contribution in [3.05, 3.63) is 22.5 Å². The van der Waals surface area contributed by atoms with Gasteiger partial charge in [-0.1, -0.05) is 11.6 Å². The standard InChI is InChI=1S/C8H7Cl2F2NO/c1-14-7-5(10)4(2-9)3-13-6(7)8(11)12/h3,8H,2H2,1H3. The Bertz CT molecular complexity index is 333. The minimum atomic E-state index is -2.72. The molecule has 14 heavy (non-hydrogen) atoms. The van der Waals surface area contributed by atoms with Crippen molar-refractivity contribution in [1.82, 2.24) is 4.98 Å². The highest BCUT2D eigenvalue weighted by atomic mass is 35.5. The zero-order valence-electron chi connectivity index (χ0n) is 7.23. The Morgan fingerprint density at radius 3 is 2.64 bits per heavy atom. The van der Waals surface area contributed by atoms with Crippen LogP contribution >= 0.6 is 23.2 Å². The summed E-state index contributed by atoms with van der Waals surface area (Å²) in [6.07, 6.45) is -1.49. The van der Waals surface area contributed by atoms with Crippen molar-refractivity contribution in [1.29, 1.82) is 0 Å². The zero-order valence-corrected chi connectivity index (χ0v) is 8.74. The number of pyridine rings is 1. The van der Waals surface area contributed by atoms with Gasteiger partial charge in [-0.15, -0.1) is 11.6 Å². The number of halogens is 4. The molecule has 1 heterocycles. The Kier molecular flexibility index (Phi) is 3.89. The first kappa shape index (κ1) is 11.5. The van der Waals surface area contributed by atoms with Crippen molar-refractivity contribution < 1.29 is 13.5 Å². The Morgan fingerprint density at radius 2 is 2.21 bits per heavy atom. The topological polar surface area (TPSA) is 22.1 Å². The summed E-state index contributed by atoms with van der Waals surface area (Å²) >= 11 is 11.3. The number of methoxy groups -OCH3 is 1. The lowest BCUT2D eigenvalue weighted by molar-refractivity contribution is 0.141. The summed E-state index contributed by atoms with van der Waals surface area (Å²) in [5, 5.41) is 0.0906. The average Bonchev–Trinajstić information content (AvgIpc) is 2.17. The number of nitrogens with zero attached hydrogens (tertiary/aromatic N) is 1. The summed E-state index contributed by atoms with van der Waals surface area (Å²) in [7, 11) is 1.26. The molecule has 1 aromatic rings. The Labute approximate surface area is 89.8 Å². The van der Waals surface area contributed by atoms with Crippen LogP contribution in [0.4, 0.5) is 8.78 Å². The molecule has 0 aliphatic heterocycles. The van der Waals surface area contributed by atoms with Crippen LogP contribution in [0.15, 0.2) is 6.20 Å². The maximum atomic E-state index is 12.4. The van der Waals surface area contributed by atoms with Crippen LogP contribution in [-0.2, 0) is 5.88 Å². The molecule has 0 radical (unpaired) electrons. The summed E-state index contributed by atoms with van der Waals surface area (Å²) < 4.78 is 29.5. The highest BCUT2D eigenvalue weighted by molar-refractivity contribution is 6.33. The Balaban J connectivity index is 3.28. The first-order valence-corrected chi connectivity index (χ1v) is 4.58. The van der Waals surface area contributed by atoms with E-state index in [0.717, 1.165) is 0 Å². The van der Waals surface area contributed by atoms with Gasteiger partial charge in [-0.25, -0.2) is 8.78 Å². The lowest BCUT2D eigenvalue weighted by atomic mass is 10.2. The molecule has 0 aliphatic carbocycles. The van der Waals surface area contributed by atoms with E-state index in [1.165, 1.54) is 13.3 Å². The molecular weight excluding hydrogens is 235 g/mol. The van der Waals surface area contributed by atoms with Crippen molar-refractivity contribution in [2.75, 3.05) is 7.11 Å². The number of rotatable bonds is 3. The summed E-state index contributed by atoms with van der Waals surface area (Å²) in [5.41, 5.74) is 0.000880. The largest absolute Gasteiger partial charge is 0.493 e. The van der Waals surface area contributed by atoms with Crippen LogP contribution in [0.1, 0.15) is 17.7 Å². The second-order valence-corrected chi connectivity index (χ2v) is 3.10. The summed E-state index contributed by atoms with van der Waals surface area (Å²) in [6.45, 7) is 0. The van der Waals surface area contributed by atoms with Crippen molar-refractivity contribution in [2.24, 2.45) is 0 Å². The van der Waals surface area contributed by atoms with Crippen LogP contribution in [0, 0.1) is 0 Å².